The van der Waals surface area contributed by atoms with Crippen LogP contribution in [-0.4, -0.2) is 22.9 Å². The molecule has 0 radical (unpaired) electrons. The number of aryl methyl sites for hydroxylation is 2. The van der Waals surface area contributed by atoms with Gasteiger partial charge in [-0.3, -0.25) is 4.68 Å². The molecule has 0 aliphatic rings. The number of ether oxygens (including phenoxy) is 1. The maximum atomic E-state index is 5.57. The third-order valence-corrected chi connectivity index (χ3v) is 2.46. The molecule has 1 atom stereocenters. The molecule has 0 fully saturated rings. The average Bonchev–Trinajstić information content (AvgIpc) is 2.38. The van der Waals surface area contributed by atoms with E-state index in [0.29, 0.717) is 13.2 Å². The monoisotopic (exact) mass is 197 g/mol. The number of rotatable bonds is 4. The van der Waals surface area contributed by atoms with Crippen molar-refractivity contribution in [2.75, 3.05) is 13.2 Å². The van der Waals surface area contributed by atoms with E-state index >= 15 is 0 Å². The van der Waals surface area contributed by atoms with Crippen molar-refractivity contribution in [3.05, 3.63) is 17.0 Å². The smallest absolute Gasteiger partial charge is 0.0833 e. The SMILES string of the molecule is Cc1nn(C)c(C)c1C(C)OCCN. The zero-order valence-corrected chi connectivity index (χ0v) is 9.37. The van der Waals surface area contributed by atoms with E-state index in [4.69, 9.17) is 10.5 Å². The Morgan fingerprint density at radius 3 is 2.57 bits per heavy atom. The van der Waals surface area contributed by atoms with Gasteiger partial charge in [0.1, 0.15) is 0 Å². The molecule has 0 saturated carbocycles. The Bertz CT molecular complexity index is 307. The van der Waals surface area contributed by atoms with Gasteiger partial charge in [0.15, 0.2) is 0 Å². The first-order valence-electron chi connectivity index (χ1n) is 4.89. The van der Waals surface area contributed by atoms with Crippen LogP contribution >= 0.6 is 0 Å². The van der Waals surface area contributed by atoms with Crippen molar-refractivity contribution < 1.29 is 4.74 Å². The molecule has 0 amide bonds. The van der Waals surface area contributed by atoms with Crippen LogP contribution in [0.5, 0.6) is 0 Å². The van der Waals surface area contributed by atoms with E-state index in [-0.39, 0.29) is 6.10 Å². The van der Waals surface area contributed by atoms with Crippen LogP contribution in [0.4, 0.5) is 0 Å². The lowest BCUT2D eigenvalue weighted by Crippen LogP contribution is -2.11. The second kappa shape index (κ2) is 4.57. The lowest BCUT2D eigenvalue weighted by molar-refractivity contribution is 0.0709. The minimum atomic E-state index is 0.0762. The van der Waals surface area contributed by atoms with E-state index in [1.807, 2.05) is 25.6 Å². The summed E-state index contributed by atoms with van der Waals surface area (Å²) in [4.78, 5) is 0. The molecule has 0 spiro atoms. The van der Waals surface area contributed by atoms with Crippen LogP contribution in [0.1, 0.15) is 30.0 Å². The van der Waals surface area contributed by atoms with Gasteiger partial charge in [-0.05, 0) is 20.8 Å². The molecule has 1 aromatic rings. The second-order valence-corrected chi connectivity index (χ2v) is 3.51. The molecule has 80 valence electrons. The van der Waals surface area contributed by atoms with E-state index in [9.17, 15) is 0 Å². The molecule has 1 unspecified atom stereocenters. The molecule has 0 aliphatic heterocycles. The largest absolute Gasteiger partial charge is 0.372 e. The van der Waals surface area contributed by atoms with Crippen LogP contribution in [0.25, 0.3) is 0 Å². The van der Waals surface area contributed by atoms with Gasteiger partial charge in [-0.25, -0.2) is 0 Å². The van der Waals surface area contributed by atoms with Crippen LogP contribution in [0.3, 0.4) is 0 Å². The first-order valence-corrected chi connectivity index (χ1v) is 4.89. The van der Waals surface area contributed by atoms with Crippen LogP contribution in [0.15, 0.2) is 0 Å². The topological polar surface area (TPSA) is 53.1 Å². The molecule has 0 saturated heterocycles. The van der Waals surface area contributed by atoms with Crippen molar-refractivity contribution in [1.29, 1.82) is 0 Å². The Morgan fingerprint density at radius 2 is 2.14 bits per heavy atom. The fraction of sp³-hybridized carbons (Fsp3) is 0.700. The standard InChI is InChI=1S/C10H19N3O/c1-7-10(8(2)13(4)12-7)9(3)14-6-5-11/h9H,5-6,11H2,1-4H3. The van der Waals surface area contributed by atoms with Crippen LogP contribution < -0.4 is 5.73 Å². The minimum absolute atomic E-state index is 0.0762. The fourth-order valence-corrected chi connectivity index (χ4v) is 1.71. The minimum Gasteiger partial charge on any atom is -0.372 e. The Balaban J connectivity index is 2.83. The summed E-state index contributed by atoms with van der Waals surface area (Å²) in [6.07, 6.45) is 0.0762. The van der Waals surface area contributed by atoms with Gasteiger partial charge in [0.2, 0.25) is 0 Å². The van der Waals surface area contributed by atoms with Crippen molar-refractivity contribution in [1.82, 2.24) is 9.78 Å². The van der Waals surface area contributed by atoms with E-state index < -0.39 is 0 Å². The number of hydrogen-bond acceptors (Lipinski definition) is 3. The lowest BCUT2D eigenvalue weighted by Gasteiger charge is -2.12. The Morgan fingerprint density at radius 1 is 1.50 bits per heavy atom. The summed E-state index contributed by atoms with van der Waals surface area (Å²) in [6, 6.07) is 0. The average molecular weight is 197 g/mol. The Labute approximate surface area is 85.0 Å². The fourth-order valence-electron chi connectivity index (χ4n) is 1.71. The Hall–Kier alpha value is -0.870. The van der Waals surface area contributed by atoms with E-state index in [1.54, 1.807) is 0 Å². The molecule has 0 aromatic carbocycles. The highest BCUT2D eigenvalue weighted by Gasteiger charge is 2.16. The molecular weight excluding hydrogens is 178 g/mol. The predicted octanol–water partition coefficient (Wildman–Crippen LogP) is 1.07. The highest BCUT2D eigenvalue weighted by atomic mass is 16.5. The van der Waals surface area contributed by atoms with E-state index in [2.05, 4.69) is 12.0 Å². The molecule has 1 heterocycles. The highest BCUT2D eigenvalue weighted by Crippen LogP contribution is 2.23. The maximum Gasteiger partial charge on any atom is 0.0833 e. The number of nitrogens with zero attached hydrogens (tertiary/aromatic N) is 2. The van der Waals surface area contributed by atoms with Crippen LogP contribution in [0.2, 0.25) is 0 Å². The molecule has 0 bridgehead atoms. The molecular formula is C10H19N3O. The zero-order valence-electron chi connectivity index (χ0n) is 9.37. The summed E-state index contributed by atoms with van der Waals surface area (Å²) in [5.74, 6) is 0. The maximum absolute atomic E-state index is 5.57. The molecule has 4 nitrogen and oxygen atoms in total. The molecule has 1 aromatic heterocycles. The summed E-state index contributed by atoms with van der Waals surface area (Å²) < 4.78 is 7.46. The normalized spacial score (nSPS) is 13.2. The molecule has 4 heteroatoms. The quantitative estimate of drug-likeness (QED) is 0.785. The van der Waals surface area contributed by atoms with Gasteiger partial charge in [0.25, 0.3) is 0 Å². The van der Waals surface area contributed by atoms with Gasteiger partial charge in [-0.2, -0.15) is 5.10 Å². The van der Waals surface area contributed by atoms with Gasteiger partial charge in [-0.15, -0.1) is 0 Å². The van der Waals surface area contributed by atoms with Crippen molar-refractivity contribution >= 4 is 0 Å². The Kier molecular flexibility index (Phi) is 3.66. The second-order valence-electron chi connectivity index (χ2n) is 3.51. The highest BCUT2D eigenvalue weighted by molar-refractivity contribution is 5.26. The van der Waals surface area contributed by atoms with E-state index in [1.165, 1.54) is 5.56 Å². The van der Waals surface area contributed by atoms with Crippen molar-refractivity contribution in [2.45, 2.75) is 26.9 Å². The summed E-state index contributed by atoms with van der Waals surface area (Å²) >= 11 is 0. The number of aromatic nitrogens is 2. The van der Waals surface area contributed by atoms with Crippen LogP contribution in [0, 0.1) is 13.8 Å². The van der Waals surface area contributed by atoms with E-state index in [0.717, 1.165) is 11.4 Å². The van der Waals surface area contributed by atoms with Gasteiger partial charge in [0.05, 0.1) is 18.4 Å². The summed E-state index contributed by atoms with van der Waals surface area (Å²) in [5, 5.41) is 4.35. The molecule has 14 heavy (non-hydrogen) atoms. The van der Waals surface area contributed by atoms with Crippen LogP contribution in [-0.2, 0) is 11.8 Å². The summed E-state index contributed by atoms with van der Waals surface area (Å²) in [6.45, 7) is 7.24. The number of nitrogens with two attached hydrogens (primary N) is 1. The van der Waals surface area contributed by atoms with Crippen molar-refractivity contribution in [3.8, 4) is 0 Å². The van der Waals surface area contributed by atoms with Gasteiger partial charge in [0, 0.05) is 24.8 Å². The first-order chi connectivity index (χ1) is 6.57. The number of hydrogen-bond donors (Lipinski definition) is 1. The third kappa shape index (κ3) is 2.13. The summed E-state index contributed by atoms with van der Waals surface area (Å²) in [5.41, 5.74) is 8.77. The lowest BCUT2D eigenvalue weighted by atomic mass is 10.1. The van der Waals surface area contributed by atoms with Gasteiger partial charge < -0.3 is 10.5 Å². The van der Waals surface area contributed by atoms with Gasteiger partial charge in [-0.1, -0.05) is 0 Å². The molecule has 2 N–H and O–H groups in total. The first kappa shape index (κ1) is 11.2. The van der Waals surface area contributed by atoms with Crippen molar-refractivity contribution in [2.24, 2.45) is 12.8 Å². The predicted molar refractivity (Wildman–Crippen MR) is 56.1 cm³/mol. The summed E-state index contributed by atoms with van der Waals surface area (Å²) in [7, 11) is 1.95. The zero-order chi connectivity index (χ0) is 10.7. The molecule has 0 aliphatic carbocycles. The van der Waals surface area contributed by atoms with Crippen molar-refractivity contribution in [3.63, 3.8) is 0 Å². The molecule has 1 rings (SSSR count). The third-order valence-electron chi connectivity index (χ3n) is 2.46. The van der Waals surface area contributed by atoms with Gasteiger partial charge >= 0.3 is 0 Å².